The minimum Gasteiger partial charge on any atom is -0.396 e. The third-order valence-corrected chi connectivity index (χ3v) is 2.58. The van der Waals surface area contributed by atoms with Crippen molar-refractivity contribution in [2.24, 2.45) is 0 Å². The molecule has 0 saturated heterocycles. The number of nitrogens with one attached hydrogen (secondary N) is 1. The topological polar surface area (TPSA) is 32.3 Å². The molecule has 0 aliphatic carbocycles. The Morgan fingerprint density at radius 3 is 1.57 bits per heavy atom. The van der Waals surface area contributed by atoms with Gasteiger partial charge in [-0.1, -0.05) is 44.9 Å². The molecule has 2 nitrogen and oxygen atoms in total. The summed E-state index contributed by atoms with van der Waals surface area (Å²) in [5.41, 5.74) is 0. The lowest BCUT2D eigenvalue weighted by molar-refractivity contribution is 0.282. The Morgan fingerprint density at radius 2 is 1.14 bits per heavy atom. The van der Waals surface area contributed by atoms with Gasteiger partial charge in [-0.15, -0.1) is 0 Å². The molecule has 0 aromatic rings. The molecule has 0 spiro atoms. The van der Waals surface area contributed by atoms with Crippen LogP contribution in [0.3, 0.4) is 0 Å². The molecule has 0 heterocycles. The van der Waals surface area contributed by atoms with Gasteiger partial charge in [0.05, 0.1) is 0 Å². The van der Waals surface area contributed by atoms with Crippen LogP contribution in [0.1, 0.15) is 57.8 Å². The number of hydrogen-bond acceptors (Lipinski definition) is 2. The second kappa shape index (κ2) is 12.9. The van der Waals surface area contributed by atoms with Gasteiger partial charge in [0.15, 0.2) is 0 Å². The lowest BCUT2D eigenvalue weighted by Crippen LogP contribution is -2.06. The maximum Gasteiger partial charge on any atom is 0.0431 e. The van der Waals surface area contributed by atoms with E-state index in [0.717, 1.165) is 13.0 Å². The van der Waals surface area contributed by atoms with E-state index in [1.807, 2.05) is 7.05 Å². The highest BCUT2D eigenvalue weighted by atomic mass is 16.2. The Hall–Kier alpha value is -0.0800. The molecule has 0 amide bonds. The van der Waals surface area contributed by atoms with Gasteiger partial charge < -0.3 is 10.4 Å². The summed E-state index contributed by atoms with van der Waals surface area (Å²) in [7, 11) is 2.02. The van der Waals surface area contributed by atoms with E-state index in [9.17, 15) is 0 Å². The van der Waals surface area contributed by atoms with Crippen molar-refractivity contribution in [3.63, 3.8) is 0 Å². The van der Waals surface area contributed by atoms with Crippen molar-refractivity contribution in [3.8, 4) is 0 Å². The second-order valence-electron chi connectivity index (χ2n) is 4.01. The van der Waals surface area contributed by atoms with Crippen LogP contribution in [0.4, 0.5) is 0 Å². The van der Waals surface area contributed by atoms with Crippen molar-refractivity contribution < 1.29 is 5.11 Å². The van der Waals surface area contributed by atoms with Crippen LogP contribution in [0, 0.1) is 0 Å². The zero-order valence-electron chi connectivity index (χ0n) is 9.73. The quantitative estimate of drug-likeness (QED) is 0.504. The van der Waals surface area contributed by atoms with Gasteiger partial charge >= 0.3 is 0 Å². The molecular formula is C12H27NO. The number of aliphatic hydroxyl groups excluding tert-OH is 1. The summed E-state index contributed by atoms with van der Waals surface area (Å²) < 4.78 is 0. The molecule has 0 unspecified atom stereocenters. The Bertz CT molecular complexity index is 84.3. The summed E-state index contributed by atoms with van der Waals surface area (Å²) in [6, 6.07) is 0. The van der Waals surface area contributed by atoms with Gasteiger partial charge in [-0.2, -0.15) is 0 Å². The van der Waals surface area contributed by atoms with Crippen molar-refractivity contribution in [1.82, 2.24) is 5.32 Å². The molecule has 2 heteroatoms. The third kappa shape index (κ3) is 11.9. The fraction of sp³-hybridized carbons (Fsp3) is 1.00. The highest BCUT2D eigenvalue weighted by molar-refractivity contribution is 4.48. The third-order valence-electron chi connectivity index (χ3n) is 2.58. The molecule has 0 aromatic heterocycles. The Labute approximate surface area is 89.1 Å². The smallest absolute Gasteiger partial charge is 0.0431 e. The van der Waals surface area contributed by atoms with Crippen molar-refractivity contribution >= 4 is 0 Å². The summed E-state index contributed by atoms with van der Waals surface area (Å²) in [4.78, 5) is 0. The van der Waals surface area contributed by atoms with E-state index in [4.69, 9.17) is 5.11 Å². The van der Waals surface area contributed by atoms with Crippen molar-refractivity contribution in [3.05, 3.63) is 0 Å². The molecule has 0 aliphatic rings. The highest BCUT2D eigenvalue weighted by Gasteiger charge is 1.91. The van der Waals surface area contributed by atoms with Gasteiger partial charge in [-0.3, -0.25) is 0 Å². The van der Waals surface area contributed by atoms with Crippen LogP contribution in [0.5, 0.6) is 0 Å². The minimum atomic E-state index is 0.365. The van der Waals surface area contributed by atoms with Crippen molar-refractivity contribution in [2.75, 3.05) is 20.2 Å². The van der Waals surface area contributed by atoms with E-state index in [-0.39, 0.29) is 0 Å². The van der Waals surface area contributed by atoms with E-state index in [1.54, 1.807) is 0 Å². The average molecular weight is 201 g/mol. The molecule has 2 N–H and O–H groups in total. The minimum absolute atomic E-state index is 0.365. The van der Waals surface area contributed by atoms with Crippen LogP contribution in [-0.4, -0.2) is 25.3 Å². The van der Waals surface area contributed by atoms with E-state index >= 15 is 0 Å². The molecule has 0 saturated carbocycles. The van der Waals surface area contributed by atoms with Crippen LogP contribution in [0.2, 0.25) is 0 Å². The van der Waals surface area contributed by atoms with Crippen LogP contribution in [0.15, 0.2) is 0 Å². The molecule has 0 atom stereocenters. The summed E-state index contributed by atoms with van der Waals surface area (Å²) >= 11 is 0. The molecule has 0 aliphatic heterocycles. The predicted molar refractivity (Wildman–Crippen MR) is 62.6 cm³/mol. The molecule has 0 fully saturated rings. The lowest BCUT2D eigenvalue weighted by atomic mass is 10.1. The standard InChI is InChI=1S/C12H27NO/c1-13-11-9-7-5-3-2-4-6-8-10-12-14/h13-14H,2-12H2,1H3. The normalized spacial score (nSPS) is 10.7. The molecule has 14 heavy (non-hydrogen) atoms. The Morgan fingerprint density at radius 1 is 0.714 bits per heavy atom. The molecule has 0 aromatic carbocycles. The Kier molecular flexibility index (Phi) is 12.8. The number of aliphatic hydroxyl groups is 1. The highest BCUT2D eigenvalue weighted by Crippen LogP contribution is 2.09. The number of rotatable bonds is 11. The van der Waals surface area contributed by atoms with Gasteiger partial charge in [-0.25, -0.2) is 0 Å². The molecule has 0 bridgehead atoms. The summed E-state index contributed by atoms with van der Waals surface area (Å²) in [5.74, 6) is 0. The van der Waals surface area contributed by atoms with Crippen LogP contribution < -0.4 is 5.32 Å². The molecular weight excluding hydrogens is 174 g/mol. The van der Waals surface area contributed by atoms with Gasteiger partial charge in [-0.05, 0) is 26.4 Å². The van der Waals surface area contributed by atoms with Crippen molar-refractivity contribution in [2.45, 2.75) is 57.8 Å². The first kappa shape index (κ1) is 13.9. The molecule has 86 valence electrons. The lowest BCUT2D eigenvalue weighted by Gasteiger charge is -2.01. The van der Waals surface area contributed by atoms with E-state index in [0.29, 0.717) is 6.61 Å². The van der Waals surface area contributed by atoms with Gasteiger partial charge in [0.2, 0.25) is 0 Å². The van der Waals surface area contributed by atoms with E-state index in [2.05, 4.69) is 5.32 Å². The SMILES string of the molecule is CNCCCCCCCCCCCO. The van der Waals surface area contributed by atoms with Crippen molar-refractivity contribution in [1.29, 1.82) is 0 Å². The first-order valence-electron chi connectivity index (χ1n) is 6.17. The second-order valence-corrected chi connectivity index (χ2v) is 4.01. The Balaban J connectivity index is 2.78. The van der Waals surface area contributed by atoms with Gasteiger partial charge in [0.25, 0.3) is 0 Å². The number of hydrogen-bond donors (Lipinski definition) is 2. The maximum absolute atomic E-state index is 8.58. The number of unbranched alkanes of at least 4 members (excludes halogenated alkanes) is 8. The first-order chi connectivity index (χ1) is 6.91. The largest absolute Gasteiger partial charge is 0.396 e. The van der Waals surface area contributed by atoms with Crippen LogP contribution in [0.25, 0.3) is 0 Å². The molecule has 0 rings (SSSR count). The molecule has 0 radical (unpaired) electrons. The average Bonchev–Trinajstić information content (AvgIpc) is 2.21. The zero-order valence-corrected chi connectivity index (χ0v) is 9.73. The monoisotopic (exact) mass is 201 g/mol. The van der Waals surface area contributed by atoms with Gasteiger partial charge in [0, 0.05) is 6.61 Å². The van der Waals surface area contributed by atoms with Crippen LogP contribution >= 0.6 is 0 Å². The fourth-order valence-electron chi connectivity index (χ4n) is 1.65. The maximum atomic E-state index is 8.58. The zero-order chi connectivity index (χ0) is 10.5. The van der Waals surface area contributed by atoms with E-state index in [1.165, 1.54) is 51.4 Å². The van der Waals surface area contributed by atoms with Crippen LogP contribution in [-0.2, 0) is 0 Å². The fourth-order valence-corrected chi connectivity index (χ4v) is 1.65. The summed E-state index contributed by atoms with van der Waals surface area (Å²) in [6.45, 7) is 1.53. The van der Waals surface area contributed by atoms with Gasteiger partial charge in [0.1, 0.15) is 0 Å². The summed E-state index contributed by atoms with van der Waals surface area (Å²) in [6.07, 6.45) is 11.7. The first-order valence-corrected chi connectivity index (χ1v) is 6.17. The van der Waals surface area contributed by atoms with E-state index < -0.39 is 0 Å². The summed E-state index contributed by atoms with van der Waals surface area (Å²) in [5, 5.41) is 11.8. The predicted octanol–water partition coefficient (Wildman–Crippen LogP) is 2.71.